The van der Waals surface area contributed by atoms with Gasteiger partial charge in [0, 0.05) is 53.0 Å². The number of ether oxygens (including phenoxy) is 1. The highest BCUT2D eigenvalue weighted by molar-refractivity contribution is 5.89. The quantitative estimate of drug-likeness (QED) is 0.371. The van der Waals surface area contributed by atoms with E-state index >= 15 is 0 Å². The van der Waals surface area contributed by atoms with Crippen LogP contribution < -0.4 is 4.74 Å². The van der Waals surface area contributed by atoms with Crippen molar-refractivity contribution < 1.29 is 4.74 Å². The molecule has 0 saturated carbocycles. The normalized spacial score (nSPS) is 11.4. The monoisotopic (exact) mass is 410 g/mol. The second-order valence-corrected chi connectivity index (χ2v) is 8.07. The fourth-order valence-corrected chi connectivity index (χ4v) is 4.33. The highest BCUT2D eigenvalue weighted by atomic mass is 16.5. The molecule has 5 heteroatoms. The summed E-state index contributed by atoms with van der Waals surface area (Å²) in [5, 5.41) is 2.42. The number of aromatic amines is 2. The van der Waals surface area contributed by atoms with E-state index in [0.29, 0.717) is 0 Å². The summed E-state index contributed by atoms with van der Waals surface area (Å²) in [5.74, 6) is 1.82. The molecule has 0 atom stereocenters. The summed E-state index contributed by atoms with van der Waals surface area (Å²) >= 11 is 0. The molecule has 0 spiro atoms. The van der Waals surface area contributed by atoms with Crippen LogP contribution in [0.4, 0.5) is 0 Å². The van der Waals surface area contributed by atoms with Crippen LogP contribution in [0.3, 0.4) is 0 Å². The van der Waals surface area contributed by atoms with Gasteiger partial charge in [-0.1, -0.05) is 12.1 Å². The van der Waals surface area contributed by atoms with Crippen molar-refractivity contribution in [3.63, 3.8) is 0 Å². The maximum Gasteiger partial charge on any atom is 0.128 e. The summed E-state index contributed by atoms with van der Waals surface area (Å²) in [7, 11) is 1.72. The second kappa shape index (κ2) is 8.26. The van der Waals surface area contributed by atoms with E-state index < -0.39 is 0 Å². The summed E-state index contributed by atoms with van der Waals surface area (Å²) in [5.41, 5.74) is 7.08. The van der Waals surface area contributed by atoms with E-state index in [1.807, 2.05) is 24.4 Å². The molecule has 0 aliphatic carbocycles. The van der Waals surface area contributed by atoms with Crippen molar-refractivity contribution in [2.45, 2.75) is 32.6 Å². The lowest BCUT2D eigenvalue weighted by atomic mass is 10.1. The van der Waals surface area contributed by atoms with Crippen LogP contribution in [0.2, 0.25) is 0 Å². The molecule has 0 aliphatic rings. The Hall–Kier alpha value is -3.60. The SMILES string of the molecule is COc1cccc2[nH]cc(CCCc3nccc(Cc4ccc5[nH]c(C)cc5c4)n3)c12. The Balaban J connectivity index is 1.26. The molecule has 0 fully saturated rings. The number of nitrogens with one attached hydrogen (secondary N) is 2. The zero-order valence-corrected chi connectivity index (χ0v) is 17.9. The van der Waals surface area contributed by atoms with E-state index in [-0.39, 0.29) is 0 Å². The van der Waals surface area contributed by atoms with Crippen LogP contribution in [-0.4, -0.2) is 27.0 Å². The molecular weight excluding hydrogens is 384 g/mol. The maximum absolute atomic E-state index is 5.54. The summed E-state index contributed by atoms with van der Waals surface area (Å²) in [6.07, 6.45) is 7.58. The number of aromatic nitrogens is 4. The van der Waals surface area contributed by atoms with E-state index in [1.165, 1.54) is 33.1 Å². The average Bonchev–Trinajstić information content (AvgIpc) is 3.36. The molecule has 2 N–H and O–H groups in total. The van der Waals surface area contributed by atoms with Crippen molar-refractivity contribution in [2.24, 2.45) is 0 Å². The van der Waals surface area contributed by atoms with Gasteiger partial charge in [-0.3, -0.25) is 0 Å². The molecule has 5 rings (SSSR count). The van der Waals surface area contributed by atoms with Crippen molar-refractivity contribution >= 4 is 21.8 Å². The summed E-state index contributed by atoms with van der Waals surface area (Å²) in [4.78, 5) is 16.0. The second-order valence-electron chi connectivity index (χ2n) is 8.07. The highest BCUT2D eigenvalue weighted by Crippen LogP contribution is 2.29. The number of benzene rings is 2. The van der Waals surface area contributed by atoms with E-state index in [0.717, 1.165) is 48.5 Å². The van der Waals surface area contributed by atoms with Crippen molar-refractivity contribution in [3.8, 4) is 5.75 Å². The van der Waals surface area contributed by atoms with Crippen molar-refractivity contribution in [3.05, 3.63) is 89.3 Å². The van der Waals surface area contributed by atoms with Gasteiger partial charge in [-0.2, -0.15) is 0 Å². The van der Waals surface area contributed by atoms with Crippen molar-refractivity contribution in [1.29, 1.82) is 0 Å². The van der Waals surface area contributed by atoms with Crippen LogP contribution >= 0.6 is 0 Å². The molecule has 3 aromatic heterocycles. The van der Waals surface area contributed by atoms with Gasteiger partial charge in [-0.25, -0.2) is 9.97 Å². The molecule has 0 bridgehead atoms. The summed E-state index contributed by atoms with van der Waals surface area (Å²) in [6.45, 7) is 2.09. The lowest BCUT2D eigenvalue weighted by Crippen LogP contribution is -2.01. The Bertz CT molecular complexity index is 1350. The highest BCUT2D eigenvalue weighted by Gasteiger charge is 2.10. The first-order valence-corrected chi connectivity index (χ1v) is 10.7. The molecule has 2 aromatic carbocycles. The number of aryl methyl sites for hydroxylation is 3. The van der Waals surface area contributed by atoms with Gasteiger partial charge in [-0.05, 0) is 72.7 Å². The maximum atomic E-state index is 5.54. The number of nitrogens with zero attached hydrogens (tertiary/aromatic N) is 2. The van der Waals surface area contributed by atoms with Crippen LogP contribution in [0.15, 0.2) is 60.9 Å². The number of fused-ring (bicyclic) bond motifs is 2. The third-order valence-electron chi connectivity index (χ3n) is 5.78. The standard InChI is InChI=1S/C26H26N4O/c1-17-13-20-14-18(9-10-22(20)29-17)15-21-11-12-27-25(30-21)8-3-5-19-16-28-23-6-4-7-24(31-2)26(19)23/h4,6-7,9-14,16,28-29H,3,5,8,15H2,1-2H3. The van der Waals surface area contributed by atoms with Crippen LogP contribution in [0.25, 0.3) is 21.8 Å². The summed E-state index contributed by atoms with van der Waals surface area (Å²) < 4.78 is 5.54. The van der Waals surface area contributed by atoms with E-state index in [2.05, 4.69) is 58.4 Å². The van der Waals surface area contributed by atoms with Crippen molar-refractivity contribution in [1.82, 2.24) is 19.9 Å². The molecule has 5 nitrogen and oxygen atoms in total. The first-order valence-electron chi connectivity index (χ1n) is 10.7. The van der Waals surface area contributed by atoms with Gasteiger partial charge in [0.25, 0.3) is 0 Å². The molecule has 0 aliphatic heterocycles. The zero-order valence-electron chi connectivity index (χ0n) is 17.9. The van der Waals surface area contributed by atoms with Crippen LogP contribution in [0, 0.1) is 6.92 Å². The number of rotatable bonds is 7. The largest absolute Gasteiger partial charge is 0.496 e. The van der Waals surface area contributed by atoms with Gasteiger partial charge in [0.2, 0.25) is 0 Å². The third kappa shape index (κ3) is 4.04. The van der Waals surface area contributed by atoms with E-state index in [9.17, 15) is 0 Å². The smallest absolute Gasteiger partial charge is 0.128 e. The lowest BCUT2D eigenvalue weighted by Gasteiger charge is -2.06. The minimum atomic E-state index is 0.815. The average molecular weight is 411 g/mol. The van der Waals surface area contributed by atoms with Gasteiger partial charge in [0.15, 0.2) is 0 Å². The van der Waals surface area contributed by atoms with E-state index in [1.54, 1.807) is 7.11 Å². The molecule has 0 saturated heterocycles. The molecule has 3 heterocycles. The van der Waals surface area contributed by atoms with Crippen LogP contribution in [0.1, 0.15) is 34.8 Å². The minimum Gasteiger partial charge on any atom is -0.496 e. The summed E-state index contributed by atoms with van der Waals surface area (Å²) in [6, 6.07) is 16.9. The number of methoxy groups -OCH3 is 1. The van der Waals surface area contributed by atoms with Gasteiger partial charge < -0.3 is 14.7 Å². The first-order chi connectivity index (χ1) is 15.2. The van der Waals surface area contributed by atoms with Gasteiger partial charge >= 0.3 is 0 Å². The fourth-order valence-electron chi connectivity index (χ4n) is 4.33. The van der Waals surface area contributed by atoms with Gasteiger partial charge in [0.1, 0.15) is 11.6 Å². The zero-order chi connectivity index (χ0) is 21.2. The van der Waals surface area contributed by atoms with Gasteiger partial charge in [0.05, 0.1) is 7.11 Å². The molecule has 156 valence electrons. The molecule has 0 unspecified atom stereocenters. The molecule has 0 amide bonds. The predicted octanol–water partition coefficient (Wildman–Crippen LogP) is 5.52. The Kier molecular flexibility index (Phi) is 5.16. The predicted molar refractivity (Wildman–Crippen MR) is 125 cm³/mol. The van der Waals surface area contributed by atoms with Crippen molar-refractivity contribution in [2.75, 3.05) is 7.11 Å². The third-order valence-corrected chi connectivity index (χ3v) is 5.78. The molecule has 0 radical (unpaired) electrons. The molecular formula is C26H26N4O. The Morgan fingerprint density at radius 3 is 2.84 bits per heavy atom. The lowest BCUT2D eigenvalue weighted by molar-refractivity contribution is 0.419. The Morgan fingerprint density at radius 1 is 1.00 bits per heavy atom. The van der Waals surface area contributed by atoms with Crippen LogP contribution in [-0.2, 0) is 19.3 Å². The number of H-pyrrole nitrogens is 2. The minimum absolute atomic E-state index is 0.815. The fraction of sp³-hybridized carbons (Fsp3) is 0.231. The molecule has 31 heavy (non-hydrogen) atoms. The van der Waals surface area contributed by atoms with Crippen LogP contribution in [0.5, 0.6) is 5.75 Å². The first kappa shape index (κ1) is 19.4. The van der Waals surface area contributed by atoms with Gasteiger partial charge in [-0.15, -0.1) is 0 Å². The topological polar surface area (TPSA) is 66.6 Å². The number of hydrogen-bond acceptors (Lipinski definition) is 3. The molecule has 5 aromatic rings. The number of hydrogen-bond donors (Lipinski definition) is 2. The Morgan fingerprint density at radius 2 is 1.94 bits per heavy atom. The van der Waals surface area contributed by atoms with E-state index in [4.69, 9.17) is 9.72 Å². The Labute approximate surface area is 181 Å².